The molecule has 1 saturated carbocycles. The summed E-state index contributed by atoms with van der Waals surface area (Å²) in [6.07, 6.45) is 2.13. The fourth-order valence-corrected chi connectivity index (χ4v) is 2.81. The molecule has 0 saturated heterocycles. The number of nitrogens with two attached hydrogens (primary N) is 1. The zero-order valence-electron chi connectivity index (χ0n) is 12.5. The lowest BCUT2D eigenvalue weighted by atomic mass is 10.1. The average Bonchev–Trinajstić information content (AvgIpc) is 3.30. The maximum absolute atomic E-state index is 12.3. The Morgan fingerprint density at radius 2 is 2.00 bits per heavy atom. The van der Waals surface area contributed by atoms with Gasteiger partial charge in [-0.1, -0.05) is 11.6 Å². The molecule has 3 amide bonds. The second-order valence-electron chi connectivity index (χ2n) is 5.99. The van der Waals surface area contributed by atoms with Crippen LogP contribution < -0.4 is 11.1 Å². The Balaban J connectivity index is 1.69. The molecule has 1 atom stereocenters. The van der Waals surface area contributed by atoms with Crippen molar-refractivity contribution in [2.24, 2.45) is 11.7 Å². The van der Waals surface area contributed by atoms with Gasteiger partial charge in [0, 0.05) is 12.6 Å². The van der Waals surface area contributed by atoms with Crippen molar-refractivity contribution in [3.63, 3.8) is 0 Å². The average molecular weight is 301 g/mol. The number of aryl methyl sites for hydroxylation is 1. The van der Waals surface area contributed by atoms with E-state index in [0.29, 0.717) is 23.6 Å². The molecule has 2 aliphatic rings. The van der Waals surface area contributed by atoms with Crippen molar-refractivity contribution in [1.29, 1.82) is 0 Å². The van der Waals surface area contributed by atoms with Crippen LogP contribution in [0.15, 0.2) is 18.2 Å². The van der Waals surface area contributed by atoms with E-state index in [1.807, 2.05) is 6.92 Å². The third-order valence-electron chi connectivity index (χ3n) is 4.22. The molecule has 116 valence electrons. The maximum Gasteiger partial charge on any atom is 0.262 e. The molecule has 1 aliphatic heterocycles. The van der Waals surface area contributed by atoms with Crippen molar-refractivity contribution in [2.75, 3.05) is 13.1 Å². The third kappa shape index (κ3) is 2.62. The zero-order valence-corrected chi connectivity index (χ0v) is 12.5. The Morgan fingerprint density at radius 1 is 1.32 bits per heavy atom. The molecule has 0 aromatic heterocycles. The largest absolute Gasteiger partial charge is 0.350 e. The number of amides is 3. The lowest BCUT2D eigenvalue weighted by Crippen LogP contribution is -2.47. The van der Waals surface area contributed by atoms with Crippen LogP contribution in [-0.2, 0) is 4.79 Å². The van der Waals surface area contributed by atoms with E-state index in [1.54, 1.807) is 18.2 Å². The molecule has 0 bridgehead atoms. The number of fused-ring (bicyclic) bond motifs is 1. The number of rotatable bonds is 5. The lowest BCUT2D eigenvalue weighted by molar-refractivity contribution is -0.122. The molecule has 1 unspecified atom stereocenters. The number of carbonyl (C=O) groups is 3. The summed E-state index contributed by atoms with van der Waals surface area (Å²) >= 11 is 0. The maximum atomic E-state index is 12.3. The number of benzene rings is 1. The van der Waals surface area contributed by atoms with E-state index in [0.717, 1.165) is 23.3 Å². The fourth-order valence-electron chi connectivity index (χ4n) is 2.81. The van der Waals surface area contributed by atoms with Crippen LogP contribution in [0.1, 0.15) is 39.1 Å². The van der Waals surface area contributed by atoms with Crippen LogP contribution in [0.2, 0.25) is 0 Å². The highest BCUT2D eigenvalue weighted by Gasteiger charge is 2.37. The van der Waals surface area contributed by atoms with Gasteiger partial charge in [-0.25, -0.2) is 0 Å². The Hall–Kier alpha value is -2.21. The van der Waals surface area contributed by atoms with Gasteiger partial charge in [-0.15, -0.1) is 0 Å². The molecule has 6 heteroatoms. The van der Waals surface area contributed by atoms with Gasteiger partial charge in [0.15, 0.2) is 0 Å². The predicted molar refractivity (Wildman–Crippen MR) is 80.3 cm³/mol. The number of carbonyl (C=O) groups excluding carboxylic acids is 3. The molecule has 0 radical (unpaired) electrons. The summed E-state index contributed by atoms with van der Waals surface area (Å²) in [6, 6.07) is 5.03. The van der Waals surface area contributed by atoms with Gasteiger partial charge < -0.3 is 11.1 Å². The molecule has 22 heavy (non-hydrogen) atoms. The Morgan fingerprint density at radius 3 is 2.64 bits per heavy atom. The summed E-state index contributed by atoms with van der Waals surface area (Å²) in [5.74, 6) is -0.729. The normalized spacial score (nSPS) is 18.4. The highest BCUT2D eigenvalue weighted by atomic mass is 16.2. The lowest BCUT2D eigenvalue weighted by Gasteiger charge is -2.19. The van der Waals surface area contributed by atoms with Crippen molar-refractivity contribution in [3.05, 3.63) is 34.9 Å². The number of nitrogens with zero attached hydrogens (tertiary/aromatic N) is 1. The SMILES string of the molecule is Cc1ccc2c(c1)C(=O)N(CC(=O)NC(CN)C1CC1)C2=O. The van der Waals surface area contributed by atoms with E-state index in [2.05, 4.69) is 5.32 Å². The zero-order chi connectivity index (χ0) is 15.9. The second-order valence-corrected chi connectivity index (χ2v) is 5.99. The van der Waals surface area contributed by atoms with E-state index in [-0.39, 0.29) is 18.5 Å². The Kier molecular flexibility index (Phi) is 3.70. The molecule has 1 aromatic carbocycles. The third-order valence-corrected chi connectivity index (χ3v) is 4.22. The molecule has 1 aromatic rings. The first-order valence-corrected chi connectivity index (χ1v) is 7.47. The minimum atomic E-state index is -0.411. The van der Waals surface area contributed by atoms with Crippen LogP contribution in [0.4, 0.5) is 0 Å². The van der Waals surface area contributed by atoms with Crippen molar-refractivity contribution in [3.8, 4) is 0 Å². The molecule has 3 rings (SSSR count). The predicted octanol–water partition coefficient (Wildman–Crippen LogP) is 0.445. The van der Waals surface area contributed by atoms with Crippen LogP contribution in [0.3, 0.4) is 0 Å². The van der Waals surface area contributed by atoms with Crippen molar-refractivity contribution in [1.82, 2.24) is 10.2 Å². The Bertz CT molecular complexity index is 652. The molecule has 1 aliphatic carbocycles. The van der Waals surface area contributed by atoms with Crippen LogP contribution in [0, 0.1) is 12.8 Å². The monoisotopic (exact) mass is 301 g/mol. The van der Waals surface area contributed by atoms with E-state index in [4.69, 9.17) is 5.73 Å². The molecular formula is C16H19N3O3. The molecule has 6 nitrogen and oxygen atoms in total. The first kappa shape index (κ1) is 14.7. The molecule has 3 N–H and O–H groups in total. The second kappa shape index (κ2) is 5.53. The van der Waals surface area contributed by atoms with Crippen molar-refractivity contribution in [2.45, 2.75) is 25.8 Å². The summed E-state index contributed by atoms with van der Waals surface area (Å²) in [7, 11) is 0. The van der Waals surface area contributed by atoms with Gasteiger partial charge in [0.2, 0.25) is 5.91 Å². The minimum absolute atomic E-state index is 0.0649. The number of imide groups is 1. The summed E-state index contributed by atoms with van der Waals surface area (Å²) in [6.45, 7) is 1.97. The smallest absolute Gasteiger partial charge is 0.262 e. The summed E-state index contributed by atoms with van der Waals surface area (Å²) < 4.78 is 0. The standard InChI is InChI=1S/C16H19N3O3/c1-9-2-5-11-12(6-9)16(22)19(15(11)21)8-14(20)18-13(7-17)10-3-4-10/h2,5-6,10,13H,3-4,7-8,17H2,1H3,(H,18,20). The van der Waals surface area contributed by atoms with Gasteiger partial charge in [0.1, 0.15) is 6.54 Å². The van der Waals surface area contributed by atoms with Crippen molar-refractivity contribution < 1.29 is 14.4 Å². The number of nitrogens with one attached hydrogen (secondary N) is 1. The Labute approximate surface area is 128 Å². The highest BCUT2D eigenvalue weighted by Crippen LogP contribution is 2.32. The van der Waals surface area contributed by atoms with Gasteiger partial charge in [-0.05, 0) is 37.8 Å². The van der Waals surface area contributed by atoms with E-state index < -0.39 is 11.8 Å². The van der Waals surface area contributed by atoms with E-state index in [9.17, 15) is 14.4 Å². The quantitative estimate of drug-likeness (QED) is 0.772. The topological polar surface area (TPSA) is 92.5 Å². The summed E-state index contributed by atoms with van der Waals surface area (Å²) in [5.41, 5.74) is 7.29. The van der Waals surface area contributed by atoms with Crippen LogP contribution in [0.5, 0.6) is 0 Å². The van der Waals surface area contributed by atoms with E-state index >= 15 is 0 Å². The number of hydrogen-bond acceptors (Lipinski definition) is 4. The van der Waals surface area contributed by atoms with Gasteiger partial charge in [0.05, 0.1) is 11.1 Å². The first-order valence-electron chi connectivity index (χ1n) is 7.47. The molecular weight excluding hydrogens is 282 g/mol. The number of hydrogen-bond donors (Lipinski definition) is 2. The van der Waals surface area contributed by atoms with Gasteiger partial charge in [-0.2, -0.15) is 0 Å². The first-order chi connectivity index (χ1) is 10.5. The summed E-state index contributed by atoms with van der Waals surface area (Å²) in [4.78, 5) is 37.6. The minimum Gasteiger partial charge on any atom is -0.350 e. The van der Waals surface area contributed by atoms with Crippen molar-refractivity contribution >= 4 is 17.7 Å². The van der Waals surface area contributed by atoms with Crippen LogP contribution in [0.25, 0.3) is 0 Å². The summed E-state index contributed by atoms with van der Waals surface area (Å²) in [5, 5.41) is 2.82. The van der Waals surface area contributed by atoms with Crippen LogP contribution in [-0.4, -0.2) is 41.8 Å². The fraction of sp³-hybridized carbons (Fsp3) is 0.438. The van der Waals surface area contributed by atoms with Gasteiger partial charge >= 0.3 is 0 Å². The van der Waals surface area contributed by atoms with Gasteiger partial charge in [-0.3, -0.25) is 19.3 Å². The molecule has 1 heterocycles. The van der Waals surface area contributed by atoms with Crippen LogP contribution >= 0.6 is 0 Å². The van der Waals surface area contributed by atoms with Gasteiger partial charge in [0.25, 0.3) is 11.8 Å². The highest BCUT2D eigenvalue weighted by molar-refractivity contribution is 6.22. The molecule has 0 spiro atoms. The van der Waals surface area contributed by atoms with E-state index in [1.165, 1.54) is 0 Å². The molecule has 1 fully saturated rings.